The highest BCUT2D eigenvalue weighted by molar-refractivity contribution is 9.11. The number of esters is 1. The summed E-state index contributed by atoms with van der Waals surface area (Å²) in [5.74, 6) is 0.0482. The summed E-state index contributed by atoms with van der Waals surface area (Å²) < 4.78 is 5.93. The Balaban J connectivity index is 3.13. The van der Waals surface area contributed by atoms with Gasteiger partial charge in [-0.2, -0.15) is 0 Å². The number of hydrogen-bond donors (Lipinski definition) is 1. The van der Waals surface area contributed by atoms with Crippen LogP contribution in [-0.2, 0) is 4.79 Å². The van der Waals surface area contributed by atoms with Gasteiger partial charge in [-0.05, 0) is 44.0 Å². The quantitative estimate of drug-likeness (QED) is 0.641. The molecule has 0 aromatic heterocycles. The minimum atomic E-state index is -0.410. The van der Waals surface area contributed by atoms with E-state index in [2.05, 4.69) is 31.9 Å². The van der Waals surface area contributed by atoms with Gasteiger partial charge in [0, 0.05) is 6.92 Å². The van der Waals surface area contributed by atoms with Crippen molar-refractivity contribution in [2.45, 2.75) is 6.92 Å². The average Bonchev–Trinajstić information content (AvgIpc) is 1.96. The molecule has 0 fully saturated rings. The molecular weight excluding hydrogens is 304 g/mol. The maximum absolute atomic E-state index is 10.7. The van der Waals surface area contributed by atoms with Gasteiger partial charge in [-0.3, -0.25) is 4.79 Å². The second kappa shape index (κ2) is 4.11. The minimum Gasteiger partial charge on any atom is -0.508 e. The van der Waals surface area contributed by atoms with E-state index in [4.69, 9.17) is 9.84 Å². The predicted molar refractivity (Wildman–Crippen MR) is 54.8 cm³/mol. The topological polar surface area (TPSA) is 46.5 Å². The third kappa shape index (κ3) is 2.70. The van der Waals surface area contributed by atoms with E-state index < -0.39 is 5.97 Å². The molecule has 0 amide bonds. The lowest BCUT2D eigenvalue weighted by Crippen LogP contribution is -2.02. The number of phenols is 1. The van der Waals surface area contributed by atoms with Crippen molar-refractivity contribution in [3.63, 3.8) is 0 Å². The highest BCUT2D eigenvalue weighted by atomic mass is 79.9. The van der Waals surface area contributed by atoms with Crippen molar-refractivity contribution >= 4 is 37.8 Å². The molecule has 13 heavy (non-hydrogen) atoms. The van der Waals surface area contributed by atoms with Gasteiger partial charge < -0.3 is 9.84 Å². The SMILES string of the molecule is CC(=O)Oc1c(Br)cc(O)cc1Br. The first-order chi connectivity index (χ1) is 6.00. The standard InChI is InChI=1S/C8H6Br2O3/c1-4(11)13-8-6(9)2-5(12)3-7(8)10/h2-3,12H,1H3. The second-order valence-corrected chi connectivity index (χ2v) is 4.04. The molecule has 0 heterocycles. The van der Waals surface area contributed by atoms with Crippen molar-refractivity contribution in [3.8, 4) is 11.5 Å². The molecule has 0 bridgehead atoms. The van der Waals surface area contributed by atoms with Crippen molar-refractivity contribution in [1.82, 2.24) is 0 Å². The Labute approximate surface area is 92.0 Å². The summed E-state index contributed by atoms with van der Waals surface area (Å²) in [5.41, 5.74) is 0. The Bertz CT molecular complexity index is 326. The minimum absolute atomic E-state index is 0.0923. The summed E-state index contributed by atoms with van der Waals surface area (Å²) in [5, 5.41) is 9.15. The third-order valence-electron chi connectivity index (χ3n) is 1.23. The van der Waals surface area contributed by atoms with Gasteiger partial charge in [0.15, 0.2) is 5.75 Å². The fourth-order valence-electron chi connectivity index (χ4n) is 0.788. The van der Waals surface area contributed by atoms with Crippen LogP contribution < -0.4 is 4.74 Å². The van der Waals surface area contributed by atoms with Crippen molar-refractivity contribution < 1.29 is 14.6 Å². The summed E-state index contributed by atoms with van der Waals surface area (Å²) >= 11 is 6.32. The Morgan fingerprint density at radius 3 is 2.23 bits per heavy atom. The van der Waals surface area contributed by atoms with Gasteiger partial charge in [-0.15, -0.1) is 0 Å². The lowest BCUT2D eigenvalue weighted by Gasteiger charge is -2.06. The first-order valence-corrected chi connectivity index (χ1v) is 4.95. The van der Waals surface area contributed by atoms with E-state index in [1.165, 1.54) is 19.1 Å². The fourth-order valence-corrected chi connectivity index (χ4v) is 2.11. The monoisotopic (exact) mass is 308 g/mol. The molecular formula is C8H6Br2O3. The van der Waals surface area contributed by atoms with Crippen LogP contribution in [-0.4, -0.2) is 11.1 Å². The zero-order valence-electron chi connectivity index (χ0n) is 6.67. The maximum atomic E-state index is 10.7. The number of halogens is 2. The number of carbonyl (C=O) groups excluding carboxylic acids is 1. The number of phenolic OH excluding ortho intramolecular Hbond substituents is 1. The van der Waals surface area contributed by atoms with Crippen LogP contribution >= 0.6 is 31.9 Å². The van der Waals surface area contributed by atoms with E-state index in [9.17, 15) is 4.79 Å². The molecule has 1 rings (SSSR count). The Kier molecular flexibility index (Phi) is 3.33. The van der Waals surface area contributed by atoms with Crippen LogP contribution in [0.25, 0.3) is 0 Å². The van der Waals surface area contributed by atoms with Gasteiger partial charge >= 0.3 is 5.97 Å². The molecule has 0 unspecified atom stereocenters. The molecule has 0 spiro atoms. The summed E-state index contributed by atoms with van der Waals surface area (Å²) in [6.45, 7) is 1.31. The number of rotatable bonds is 1. The second-order valence-electron chi connectivity index (χ2n) is 2.33. The summed E-state index contributed by atoms with van der Waals surface area (Å²) in [6.07, 6.45) is 0. The molecule has 3 nitrogen and oxygen atoms in total. The molecule has 1 N–H and O–H groups in total. The number of aromatic hydroxyl groups is 1. The van der Waals surface area contributed by atoms with E-state index in [0.29, 0.717) is 14.7 Å². The van der Waals surface area contributed by atoms with E-state index in [-0.39, 0.29) is 5.75 Å². The summed E-state index contributed by atoms with van der Waals surface area (Å²) in [6, 6.07) is 2.89. The fraction of sp³-hybridized carbons (Fsp3) is 0.125. The van der Waals surface area contributed by atoms with Crippen LogP contribution in [0.1, 0.15) is 6.92 Å². The zero-order valence-corrected chi connectivity index (χ0v) is 9.85. The number of hydrogen-bond acceptors (Lipinski definition) is 3. The third-order valence-corrected chi connectivity index (χ3v) is 2.41. The van der Waals surface area contributed by atoms with E-state index >= 15 is 0 Å². The smallest absolute Gasteiger partial charge is 0.308 e. The van der Waals surface area contributed by atoms with Crippen LogP contribution in [0.4, 0.5) is 0 Å². The average molecular weight is 310 g/mol. The zero-order chi connectivity index (χ0) is 10.0. The Morgan fingerprint density at radius 2 is 1.85 bits per heavy atom. The van der Waals surface area contributed by atoms with Gasteiger partial charge in [0.05, 0.1) is 8.95 Å². The van der Waals surface area contributed by atoms with Crippen LogP contribution in [0.3, 0.4) is 0 Å². The van der Waals surface area contributed by atoms with Crippen molar-refractivity contribution in [1.29, 1.82) is 0 Å². The number of carbonyl (C=O) groups is 1. The molecule has 0 saturated heterocycles. The van der Waals surface area contributed by atoms with Gasteiger partial charge in [-0.25, -0.2) is 0 Å². The first kappa shape index (κ1) is 10.5. The van der Waals surface area contributed by atoms with Gasteiger partial charge in [0.25, 0.3) is 0 Å². The van der Waals surface area contributed by atoms with Crippen molar-refractivity contribution in [3.05, 3.63) is 21.1 Å². The van der Waals surface area contributed by atoms with Gasteiger partial charge in [-0.1, -0.05) is 0 Å². The summed E-state index contributed by atoms with van der Waals surface area (Å²) in [7, 11) is 0. The predicted octanol–water partition coefficient (Wildman–Crippen LogP) is 2.84. The summed E-state index contributed by atoms with van der Waals surface area (Å²) in [4.78, 5) is 10.7. The highest BCUT2D eigenvalue weighted by Gasteiger charge is 2.10. The lowest BCUT2D eigenvalue weighted by atomic mass is 10.3. The lowest BCUT2D eigenvalue weighted by molar-refractivity contribution is -0.131. The molecule has 0 aliphatic heterocycles. The van der Waals surface area contributed by atoms with Gasteiger partial charge in [0.2, 0.25) is 0 Å². The molecule has 1 aromatic rings. The van der Waals surface area contributed by atoms with E-state index in [1.807, 2.05) is 0 Å². The Morgan fingerprint density at radius 1 is 1.38 bits per heavy atom. The number of ether oxygens (including phenoxy) is 1. The molecule has 0 radical (unpaired) electrons. The molecule has 0 saturated carbocycles. The maximum Gasteiger partial charge on any atom is 0.308 e. The largest absolute Gasteiger partial charge is 0.508 e. The van der Waals surface area contributed by atoms with E-state index in [1.54, 1.807) is 0 Å². The molecule has 1 aromatic carbocycles. The van der Waals surface area contributed by atoms with Crippen LogP contribution in [0.2, 0.25) is 0 Å². The van der Waals surface area contributed by atoms with Crippen LogP contribution in [0, 0.1) is 0 Å². The van der Waals surface area contributed by atoms with Crippen molar-refractivity contribution in [2.24, 2.45) is 0 Å². The van der Waals surface area contributed by atoms with Crippen molar-refractivity contribution in [2.75, 3.05) is 0 Å². The highest BCUT2D eigenvalue weighted by Crippen LogP contribution is 2.36. The normalized spacial score (nSPS) is 9.77. The molecule has 5 heteroatoms. The Hall–Kier alpha value is -0.550. The molecule has 0 aliphatic carbocycles. The molecule has 0 atom stereocenters. The molecule has 0 aliphatic rings. The van der Waals surface area contributed by atoms with Gasteiger partial charge in [0.1, 0.15) is 5.75 Å². The number of benzene rings is 1. The van der Waals surface area contributed by atoms with E-state index in [0.717, 1.165) is 0 Å². The van der Waals surface area contributed by atoms with Crippen LogP contribution in [0.5, 0.6) is 11.5 Å². The van der Waals surface area contributed by atoms with Crippen LogP contribution in [0.15, 0.2) is 21.1 Å². The first-order valence-electron chi connectivity index (χ1n) is 3.37. The molecule has 70 valence electrons.